The van der Waals surface area contributed by atoms with Gasteiger partial charge in [-0.05, 0) is 24.9 Å². The average molecular weight is 426 g/mol. The summed E-state index contributed by atoms with van der Waals surface area (Å²) in [6.45, 7) is 1.09. The first-order chi connectivity index (χ1) is 13.0. The van der Waals surface area contributed by atoms with Crippen molar-refractivity contribution < 1.29 is 41.0 Å². The van der Waals surface area contributed by atoms with E-state index in [1.807, 2.05) is 30.3 Å². The van der Waals surface area contributed by atoms with Crippen molar-refractivity contribution in [2.24, 2.45) is 0 Å². The SMILES string of the molecule is COC(=O)[C@H](Cc1ccccc1)NS(=O)(=O)[C@@H]1CCNC1.O=C(O)C(F)(F)F. The van der Waals surface area contributed by atoms with Crippen molar-refractivity contribution in [3.63, 3.8) is 0 Å². The third-order valence-electron chi connectivity index (χ3n) is 3.77. The smallest absolute Gasteiger partial charge is 0.475 e. The molecule has 12 heteroatoms. The Morgan fingerprint density at radius 1 is 1.32 bits per heavy atom. The van der Waals surface area contributed by atoms with Crippen molar-refractivity contribution in [1.29, 1.82) is 0 Å². The third-order valence-corrected chi connectivity index (χ3v) is 5.66. The summed E-state index contributed by atoms with van der Waals surface area (Å²) in [4.78, 5) is 20.7. The Balaban J connectivity index is 0.000000480. The number of carbonyl (C=O) groups is 2. The largest absolute Gasteiger partial charge is 0.490 e. The second kappa shape index (κ2) is 10.4. The van der Waals surface area contributed by atoms with Gasteiger partial charge in [0.2, 0.25) is 10.0 Å². The van der Waals surface area contributed by atoms with Gasteiger partial charge in [-0.3, -0.25) is 4.79 Å². The predicted octanol–water partition coefficient (Wildman–Crippen LogP) is 0.685. The van der Waals surface area contributed by atoms with Crippen LogP contribution in [-0.4, -0.2) is 63.1 Å². The van der Waals surface area contributed by atoms with E-state index < -0.39 is 39.4 Å². The van der Waals surface area contributed by atoms with Crippen LogP contribution in [-0.2, 0) is 30.8 Å². The summed E-state index contributed by atoms with van der Waals surface area (Å²) in [7, 11) is -2.29. The molecule has 1 heterocycles. The topological polar surface area (TPSA) is 122 Å². The van der Waals surface area contributed by atoms with Gasteiger partial charge in [-0.15, -0.1) is 0 Å². The number of nitrogens with one attached hydrogen (secondary N) is 2. The highest BCUT2D eigenvalue weighted by molar-refractivity contribution is 7.90. The zero-order valence-corrected chi connectivity index (χ0v) is 15.7. The van der Waals surface area contributed by atoms with Crippen LogP contribution in [0.15, 0.2) is 30.3 Å². The lowest BCUT2D eigenvalue weighted by atomic mass is 10.1. The maximum Gasteiger partial charge on any atom is 0.490 e. The molecule has 1 fully saturated rings. The molecule has 28 heavy (non-hydrogen) atoms. The zero-order chi connectivity index (χ0) is 21.4. The Hall–Kier alpha value is -2.18. The third kappa shape index (κ3) is 7.82. The molecule has 0 radical (unpaired) electrons. The molecular weight excluding hydrogens is 405 g/mol. The summed E-state index contributed by atoms with van der Waals surface area (Å²) in [6.07, 6.45) is -4.26. The first kappa shape index (κ1) is 23.9. The van der Waals surface area contributed by atoms with Crippen molar-refractivity contribution in [3.05, 3.63) is 35.9 Å². The van der Waals surface area contributed by atoms with Gasteiger partial charge in [0.15, 0.2) is 0 Å². The number of carboxylic acids is 1. The van der Waals surface area contributed by atoms with E-state index in [1.54, 1.807) is 0 Å². The second-order valence-corrected chi connectivity index (χ2v) is 7.84. The molecule has 1 aromatic carbocycles. The normalized spacial score (nSPS) is 17.9. The standard InChI is InChI=1S/C14H20N2O4S.C2HF3O2/c1-20-14(17)13(9-11-5-3-2-4-6-11)16-21(18,19)12-7-8-15-10-12;3-2(4,5)1(6)7/h2-6,12-13,15-16H,7-10H2,1H3;(H,6,7)/t12-,13+;/m1./s1. The van der Waals surface area contributed by atoms with Crippen LogP contribution in [0.1, 0.15) is 12.0 Å². The fourth-order valence-electron chi connectivity index (χ4n) is 2.35. The Kier molecular flexibility index (Phi) is 8.85. The number of carbonyl (C=O) groups excluding carboxylic acids is 1. The van der Waals surface area contributed by atoms with Gasteiger partial charge in [0.05, 0.1) is 12.4 Å². The highest BCUT2D eigenvalue weighted by atomic mass is 32.2. The van der Waals surface area contributed by atoms with Crippen LogP contribution in [0.4, 0.5) is 13.2 Å². The first-order valence-corrected chi connectivity index (χ1v) is 9.65. The lowest BCUT2D eigenvalue weighted by Crippen LogP contribution is -2.47. The molecule has 0 spiro atoms. The molecule has 1 saturated heterocycles. The number of esters is 1. The van der Waals surface area contributed by atoms with Crippen LogP contribution in [0.3, 0.4) is 0 Å². The number of halogens is 3. The van der Waals surface area contributed by atoms with Crippen molar-refractivity contribution in [2.45, 2.75) is 30.3 Å². The van der Waals surface area contributed by atoms with E-state index in [0.717, 1.165) is 5.56 Å². The summed E-state index contributed by atoms with van der Waals surface area (Å²) in [6, 6.07) is 8.36. The van der Waals surface area contributed by atoms with Crippen LogP contribution in [0.5, 0.6) is 0 Å². The fourth-order valence-corrected chi connectivity index (χ4v) is 3.89. The van der Waals surface area contributed by atoms with E-state index in [4.69, 9.17) is 14.6 Å². The Morgan fingerprint density at radius 3 is 2.32 bits per heavy atom. The molecule has 2 rings (SSSR count). The van der Waals surface area contributed by atoms with Crippen LogP contribution in [0.2, 0.25) is 0 Å². The molecule has 0 aliphatic carbocycles. The molecule has 0 bridgehead atoms. The summed E-state index contributed by atoms with van der Waals surface area (Å²) in [5.74, 6) is -3.33. The molecule has 1 aromatic rings. The van der Waals surface area contributed by atoms with Crippen LogP contribution >= 0.6 is 0 Å². The number of aliphatic carboxylic acids is 1. The Morgan fingerprint density at radius 2 is 1.89 bits per heavy atom. The van der Waals surface area contributed by atoms with E-state index >= 15 is 0 Å². The Bertz CT molecular complexity index is 749. The van der Waals surface area contributed by atoms with E-state index in [1.165, 1.54) is 7.11 Å². The van der Waals surface area contributed by atoms with Crippen LogP contribution < -0.4 is 10.0 Å². The number of rotatable bonds is 6. The quantitative estimate of drug-likeness (QED) is 0.572. The van der Waals surface area contributed by atoms with Crippen molar-refractivity contribution in [1.82, 2.24) is 10.0 Å². The number of carboxylic acid groups (broad SMARTS) is 1. The van der Waals surface area contributed by atoms with E-state index in [0.29, 0.717) is 19.5 Å². The number of hydrogen-bond acceptors (Lipinski definition) is 6. The van der Waals surface area contributed by atoms with Gasteiger partial charge in [-0.2, -0.15) is 13.2 Å². The number of methoxy groups -OCH3 is 1. The molecule has 158 valence electrons. The molecule has 3 N–H and O–H groups in total. The summed E-state index contributed by atoms with van der Waals surface area (Å²) in [5.41, 5.74) is 0.875. The summed E-state index contributed by atoms with van der Waals surface area (Å²) >= 11 is 0. The van der Waals surface area contributed by atoms with Crippen molar-refractivity contribution >= 4 is 22.0 Å². The predicted molar refractivity (Wildman–Crippen MR) is 93.0 cm³/mol. The zero-order valence-electron chi connectivity index (χ0n) is 14.9. The van der Waals surface area contributed by atoms with Gasteiger partial charge in [0, 0.05) is 6.54 Å². The number of ether oxygens (including phenoxy) is 1. The molecule has 1 aliphatic rings. The van der Waals surface area contributed by atoms with E-state index in [9.17, 15) is 26.4 Å². The molecule has 0 unspecified atom stereocenters. The number of alkyl halides is 3. The summed E-state index contributed by atoms with van der Waals surface area (Å²) in [5, 5.41) is 9.63. The second-order valence-electron chi connectivity index (χ2n) is 5.85. The van der Waals surface area contributed by atoms with E-state index in [-0.39, 0.29) is 6.42 Å². The molecule has 1 aliphatic heterocycles. The van der Waals surface area contributed by atoms with Crippen molar-refractivity contribution in [3.8, 4) is 0 Å². The lowest BCUT2D eigenvalue weighted by molar-refractivity contribution is -0.192. The maximum absolute atomic E-state index is 12.3. The fraction of sp³-hybridized carbons (Fsp3) is 0.500. The molecule has 0 aromatic heterocycles. The average Bonchev–Trinajstić information content (AvgIpc) is 3.16. The highest BCUT2D eigenvalue weighted by Gasteiger charge is 2.38. The lowest BCUT2D eigenvalue weighted by Gasteiger charge is -2.19. The monoisotopic (exact) mass is 426 g/mol. The summed E-state index contributed by atoms with van der Waals surface area (Å²) < 4.78 is 63.5. The minimum atomic E-state index is -5.08. The molecule has 2 atom stereocenters. The Labute approximate surface area is 160 Å². The molecule has 0 saturated carbocycles. The number of hydrogen-bond donors (Lipinski definition) is 3. The van der Waals surface area contributed by atoms with Crippen molar-refractivity contribution in [2.75, 3.05) is 20.2 Å². The number of benzene rings is 1. The maximum atomic E-state index is 12.3. The van der Waals surface area contributed by atoms with Crippen LogP contribution in [0.25, 0.3) is 0 Å². The van der Waals surface area contributed by atoms with Gasteiger partial charge in [-0.25, -0.2) is 17.9 Å². The number of sulfonamides is 1. The molecule has 0 amide bonds. The van der Waals surface area contributed by atoms with Gasteiger partial charge in [0.25, 0.3) is 0 Å². The van der Waals surface area contributed by atoms with Crippen LogP contribution in [0, 0.1) is 0 Å². The van der Waals surface area contributed by atoms with Gasteiger partial charge < -0.3 is 15.2 Å². The van der Waals surface area contributed by atoms with Gasteiger partial charge >= 0.3 is 18.1 Å². The highest BCUT2D eigenvalue weighted by Crippen LogP contribution is 2.13. The van der Waals surface area contributed by atoms with Gasteiger partial charge in [-0.1, -0.05) is 30.3 Å². The molecule has 8 nitrogen and oxygen atoms in total. The molecular formula is C16H21F3N2O6S. The minimum Gasteiger partial charge on any atom is -0.475 e. The minimum absolute atomic E-state index is 0.271. The van der Waals surface area contributed by atoms with E-state index in [2.05, 4.69) is 10.0 Å². The first-order valence-electron chi connectivity index (χ1n) is 8.11. The van der Waals surface area contributed by atoms with Gasteiger partial charge in [0.1, 0.15) is 6.04 Å².